The van der Waals surface area contributed by atoms with Crippen LogP contribution in [0.15, 0.2) is 52.7 Å². The van der Waals surface area contributed by atoms with E-state index in [0.717, 1.165) is 5.56 Å². The highest BCUT2D eigenvalue weighted by Gasteiger charge is 2.23. The Morgan fingerprint density at radius 1 is 1.25 bits per heavy atom. The van der Waals surface area contributed by atoms with Gasteiger partial charge in [-0.3, -0.25) is 0 Å². The van der Waals surface area contributed by atoms with Crippen molar-refractivity contribution in [2.75, 3.05) is 5.73 Å². The van der Waals surface area contributed by atoms with Gasteiger partial charge >= 0.3 is 5.97 Å². The van der Waals surface area contributed by atoms with Crippen LogP contribution in [0.3, 0.4) is 0 Å². The van der Waals surface area contributed by atoms with Gasteiger partial charge in [-0.1, -0.05) is 18.2 Å². The number of carbonyl (C=O) groups is 1. The normalized spacial score (nSPS) is 11.4. The molecule has 0 radical (unpaired) electrons. The molecule has 0 fully saturated rings. The molecule has 0 aliphatic carbocycles. The molecule has 2 heterocycles. The Hall–Kier alpha value is -2.65. The Labute approximate surface area is 142 Å². The maximum atomic E-state index is 12.5. The zero-order valence-corrected chi connectivity index (χ0v) is 14.2. The summed E-state index contributed by atoms with van der Waals surface area (Å²) in [6.07, 6.45) is 0. The van der Waals surface area contributed by atoms with Crippen molar-refractivity contribution in [3.63, 3.8) is 0 Å². The number of aromatic nitrogens is 2. The average Bonchev–Trinajstić information content (AvgIpc) is 3.14. The quantitative estimate of drug-likeness (QED) is 0.713. The third-order valence-corrected chi connectivity index (χ3v) is 5.72. The molecule has 3 rings (SSSR count). The fraction of sp³-hybridized carbons (Fsp3) is 0.0667. The minimum Gasteiger partial charge on any atom is -0.401 e. The molecule has 0 amide bonds. The predicted octanol–water partition coefficient (Wildman–Crippen LogP) is 2.29. The van der Waals surface area contributed by atoms with E-state index in [0.29, 0.717) is 8.96 Å². The van der Waals surface area contributed by atoms with Gasteiger partial charge in [0, 0.05) is 6.07 Å². The van der Waals surface area contributed by atoms with Crippen molar-refractivity contribution in [1.82, 2.24) is 9.19 Å². The number of ether oxygens (including phenoxy) is 1. The summed E-state index contributed by atoms with van der Waals surface area (Å²) < 4.78 is 30.8. The Balaban J connectivity index is 1.89. The van der Waals surface area contributed by atoms with Gasteiger partial charge < -0.3 is 10.5 Å². The number of hydrogen-bond donors (Lipinski definition) is 1. The van der Waals surface area contributed by atoms with Crippen molar-refractivity contribution in [1.29, 1.82) is 0 Å². The zero-order chi connectivity index (χ0) is 17.3. The maximum absolute atomic E-state index is 12.5. The minimum absolute atomic E-state index is 0.0339. The molecule has 0 saturated carbocycles. The largest absolute Gasteiger partial charge is 0.401 e. The lowest BCUT2D eigenvalue weighted by Crippen LogP contribution is -2.17. The Morgan fingerprint density at radius 3 is 2.58 bits per heavy atom. The summed E-state index contributed by atoms with van der Waals surface area (Å²) in [6.45, 7) is 1.85. The van der Waals surface area contributed by atoms with E-state index in [1.165, 1.54) is 29.5 Å². The number of aryl methyl sites for hydroxylation is 1. The molecule has 2 N–H and O–H groups in total. The molecule has 9 heteroatoms. The van der Waals surface area contributed by atoms with Crippen LogP contribution in [0, 0.1) is 6.92 Å². The molecule has 0 atom stereocenters. The lowest BCUT2D eigenvalue weighted by atomic mass is 10.3. The van der Waals surface area contributed by atoms with Gasteiger partial charge in [-0.2, -0.15) is 8.42 Å². The van der Waals surface area contributed by atoms with Gasteiger partial charge in [0.25, 0.3) is 10.0 Å². The van der Waals surface area contributed by atoms with Gasteiger partial charge in [-0.25, -0.2) is 4.79 Å². The number of nitrogens with two attached hydrogens (primary N) is 1. The van der Waals surface area contributed by atoms with E-state index in [1.54, 1.807) is 24.3 Å². The topological polar surface area (TPSA) is 104 Å². The van der Waals surface area contributed by atoms with Crippen LogP contribution in [-0.4, -0.2) is 23.6 Å². The molecule has 0 spiro atoms. The van der Waals surface area contributed by atoms with Gasteiger partial charge in [0.1, 0.15) is 10.7 Å². The Bertz CT molecular complexity index is 991. The average molecular weight is 363 g/mol. The van der Waals surface area contributed by atoms with Crippen LogP contribution in [-0.2, 0) is 10.0 Å². The summed E-state index contributed by atoms with van der Waals surface area (Å²) in [5, 5.41) is 5.60. The lowest BCUT2D eigenvalue weighted by Gasteiger charge is -2.05. The molecule has 124 valence electrons. The summed E-state index contributed by atoms with van der Waals surface area (Å²) in [7, 11) is -3.95. The van der Waals surface area contributed by atoms with Crippen LogP contribution < -0.4 is 10.5 Å². The molecule has 7 nitrogen and oxygen atoms in total. The van der Waals surface area contributed by atoms with E-state index in [9.17, 15) is 13.2 Å². The molecular weight excluding hydrogens is 350 g/mol. The second-order valence-electron chi connectivity index (χ2n) is 4.95. The van der Waals surface area contributed by atoms with Crippen molar-refractivity contribution in [2.45, 2.75) is 11.8 Å². The number of carbonyl (C=O) groups excluding carboxylic acids is 1. The SMILES string of the molecule is Cc1csc(C(=O)Oc2cc(N)n(S(=O)(=O)c3ccccc3)n2)c1. The number of esters is 1. The van der Waals surface area contributed by atoms with E-state index < -0.39 is 16.0 Å². The first-order chi connectivity index (χ1) is 11.4. The highest BCUT2D eigenvalue weighted by Crippen LogP contribution is 2.22. The molecule has 0 bridgehead atoms. The van der Waals surface area contributed by atoms with Crippen LogP contribution in [0.2, 0.25) is 0 Å². The van der Waals surface area contributed by atoms with Crippen molar-refractivity contribution in [3.05, 3.63) is 58.3 Å². The van der Waals surface area contributed by atoms with E-state index in [1.807, 2.05) is 12.3 Å². The second-order valence-corrected chi connectivity index (χ2v) is 7.62. The van der Waals surface area contributed by atoms with Crippen LogP contribution in [0.1, 0.15) is 15.2 Å². The molecule has 1 aromatic carbocycles. The number of anilines is 1. The molecule has 0 aliphatic rings. The molecular formula is C15H13N3O4S2. The Kier molecular flexibility index (Phi) is 4.12. The van der Waals surface area contributed by atoms with Crippen molar-refractivity contribution >= 4 is 33.1 Å². The minimum atomic E-state index is -3.95. The summed E-state index contributed by atoms with van der Waals surface area (Å²) in [5.41, 5.74) is 6.65. The lowest BCUT2D eigenvalue weighted by molar-refractivity contribution is 0.0732. The van der Waals surface area contributed by atoms with Crippen molar-refractivity contribution in [3.8, 4) is 5.88 Å². The van der Waals surface area contributed by atoms with E-state index in [-0.39, 0.29) is 16.6 Å². The fourth-order valence-electron chi connectivity index (χ4n) is 1.98. The van der Waals surface area contributed by atoms with Crippen LogP contribution in [0.25, 0.3) is 0 Å². The number of thiophene rings is 1. The van der Waals surface area contributed by atoms with Crippen molar-refractivity contribution in [2.24, 2.45) is 0 Å². The monoisotopic (exact) mass is 363 g/mol. The number of nitrogen functional groups attached to an aromatic ring is 1. The fourth-order valence-corrected chi connectivity index (χ4v) is 3.97. The maximum Gasteiger partial charge on any atom is 0.355 e. The van der Waals surface area contributed by atoms with Crippen molar-refractivity contribution < 1.29 is 17.9 Å². The molecule has 0 aliphatic heterocycles. The number of hydrogen-bond acceptors (Lipinski definition) is 7. The van der Waals surface area contributed by atoms with E-state index in [2.05, 4.69) is 5.10 Å². The van der Waals surface area contributed by atoms with Gasteiger partial charge in [0.2, 0.25) is 5.88 Å². The standard InChI is InChI=1S/C15H13N3O4S2/c1-10-7-12(23-9-10)15(19)22-14-8-13(16)18(17-14)24(20,21)11-5-3-2-4-6-11/h2-9H,16H2,1H3. The highest BCUT2D eigenvalue weighted by atomic mass is 32.2. The first-order valence-electron chi connectivity index (χ1n) is 6.81. The summed E-state index contributed by atoms with van der Waals surface area (Å²) >= 11 is 1.23. The third-order valence-electron chi connectivity index (χ3n) is 3.08. The number of nitrogens with zero attached hydrogens (tertiary/aromatic N) is 2. The van der Waals surface area contributed by atoms with Crippen LogP contribution in [0.5, 0.6) is 5.88 Å². The highest BCUT2D eigenvalue weighted by molar-refractivity contribution is 7.90. The van der Waals surface area contributed by atoms with E-state index in [4.69, 9.17) is 10.5 Å². The van der Waals surface area contributed by atoms with Crippen LogP contribution >= 0.6 is 11.3 Å². The molecule has 0 unspecified atom stereocenters. The zero-order valence-electron chi connectivity index (χ0n) is 12.5. The van der Waals surface area contributed by atoms with Gasteiger partial charge in [-0.15, -0.1) is 20.5 Å². The number of benzene rings is 1. The molecule has 2 aromatic heterocycles. The summed E-state index contributed by atoms with van der Waals surface area (Å²) in [6, 6.07) is 10.6. The van der Waals surface area contributed by atoms with Gasteiger partial charge in [0.15, 0.2) is 0 Å². The Morgan fingerprint density at radius 2 is 1.96 bits per heavy atom. The van der Waals surface area contributed by atoms with Crippen LogP contribution in [0.4, 0.5) is 5.82 Å². The molecule has 24 heavy (non-hydrogen) atoms. The third kappa shape index (κ3) is 3.03. The summed E-state index contributed by atoms with van der Waals surface area (Å²) in [4.78, 5) is 12.4. The first-order valence-corrected chi connectivity index (χ1v) is 9.13. The molecule has 0 saturated heterocycles. The van der Waals surface area contributed by atoms with E-state index >= 15 is 0 Å². The van der Waals surface area contributed by atoms with Gasteiger partial charge in [0.05, 0.1) is 4.90 Å². The van der Waals surface area contributed by atoms with Gasteiger partial charge in [-0.05, 0) is 36.1 Å². The first kappa shape index (κ1) is 16.2. The summed E-state index contributed by atoms with van der Waals surface area (Å²) in [5.74, 6) is -0.943. The predicted molar refractivity (Wildman–Crippen MR) is 89.7 cm³/mol. The second kappa shape index (κ2) is 6.10. The smallest absolute Gasteiger partial charge is 0.355 e. The number of rotatable bonds is 4. The molecule has 3 aromatic rings.